The Morgan fingerprint density at radius 3 is 2.74 bits per heavy atom. The number of amides is 2. The molecule has 0 saturated carbocycles. The molecule has 2 amide bonds. The Morgan fingerprint density at radius 2 is 1.91 bits per heavy atom. The number of hydrogen-bond donors (Lipinski definition) is 2. The Morgan fingerprint density at radius 1 is 1.12 bits per heavy atom. The van der Waals surface area contributed by atoms with Crippen LogP contribution in [0.2, 0.25) is 0 Å². The van der Waals surface area contributed by atoms with E-state index in [4.69, 9.17) is 14.7 Å². The molecule has 1 aromatic heterocycles. The number of rotatable bonds is 8. The van der Waals surface area contributed by atoms with Gasteiger partial charge in [0.05, 0.1) is 36.0 Å². The van der Waals surface area contributed by atoms with Crippen LogP contribution < -0.4 is 20.1 Å². The summed E-state index contributed by atoms with van der Waals surface area (Å²) in [5.74, 6) is 0.653. The molecule has 0 bridgehead atoms. The number of aryl methyl sites for hydroxylation is 2. The zero-order valence-electron chi connectivity index (χ0n) is 19.1. The molecule has 0 saturated heterocycles. The lowest BCUT2D eigenvalue weighted by Gasteiger charge is -2.12. The van der Waals surface area contributed by atoms with E-state index in [0.717, 1.165) is 17.0 Å². The minimum Gasteiger partial charge on any atom is -0.454 e. The van der Waals surface area contributed by atoms with Crippen LogP contribution in [0.5, 0.6) is 11.5 Å². The van der Waals surface area contributed by atoms with Crippen LogP contribution in [0.15, 0.2) is 42.5 Å². The summed E-state index contributed by atoms with van der Waals surface area (Å²) < 4.78 is 12.5. The lowest BCUT2D eigenvalue weighted by molar-refractivity contribution is -0.116. The number of benzene rings is 2. The van der Waals surface area contributed by atoms with E-state index in [9.17, 15) is 9.59 Å². The van der Waals surface area contributed by atoms with Gasteiger partial charge in [0.15, 0.2) is 11.5 Å². The first-order valence-electron chi connectivity index (χ1n) is 11.0. The average molecular weight is 460 g/mol. The highest BCUT2D eigenvalue weighted by molar-refractivity contribution is 6.10. The lowest BCUT2D eigenvalue weighted by Crippen LogP contribution is -2.18. The van der Waals surface area contributed by atoms with Gasteiger partial charge < -0.3 is 20.1 Å². The first-order chi connectivity index (χ1) is 16.5. The highest BCUT2D eigenvalue weighted by Crippen LogP contribution is 2.34. The van der Waals surface area contributed by atoms with Gasteiger partial charge in [-0.05, 0) is 50.1 Å². The average Bonchev–Trinajstić information content (AvgIpc) is 3.40. The molecule has 9 nitrogen and oxygen atoms in total. The topological polar surface area (TPSA) is 118 Å². The maximum absolute atomic E-state index is 12.9. The highest BCUT2D eigenvalue weighted by atomic mass is 16.7. The van der Waals surface area contributed by atoms with E-state index < -0.39 is 0 Å². The van der Waals surface area contributed by atoms with Crippen molar-refractivity contribution in [1.29, 1.82) is 5.26 Å². The predicted molar refractivity (Wildman–Crippen MR) is 126 cm³/mol. The molecule has 3 aromatic rings. The molecule has 2 heterocycles. The van der Waals surface area contributed by atoms with Crippen LogP contribution in [-0.2, 0) is 17.8 Å². The van der Waals surface area contributed by atoms with Crippen molar-refractivity contribution in [2.24, 2.45) is 0 Å². The van der Waals surface area contributed by atoms with E-state index in [1.54, 1.807) is 42.5 Å². The molecule has 0 radical (unpaired) electrons. The largest absolute Gasteiger partial charge is 0.454 e. The normalized spacial score (nSPS) is 11.7. The SMILES string of the molecule is Cc1nn(CCC#N)c(C)c1CCC(=O)Nc1ccccc1C(=O)Nc1ccc2c(c1)OCO2. The number of nitriles is 1. The van der Waals surface area contributed by atoms with Gasteiger partial charge in [-0.2, -0.15) is 10.4 Å². The van der Waals surface area contributed by atoms with E-state index in [2.05, 4.69) is 21.8 Å². The van der Waals surface area contributed by atoms with Crippen molar-refractivity contribution in [3.05, 3.63) is 65.0 Å². The molecule has 2 N–H and O–H groups in total. The Labute approximate surface area is 197 Å². The quantitative estimate of drug-likeness (QED) is 0.526. The number of aromatic nitrogens is 2. The Balaban J connectivity index is 1.40. The van der Waals surface area contributed by atoms with Crippen LogP contribution in [0.3, 0.4) is 0 Å². The fourth-order valence-corrected chi connectivity index (χ4v) is 3.88. The second-order valence-corrected chi connectivity index (χ2v) is 7.90. The van der Waals surface area contributed by atoms with Crippen molar-refractivity contribution < 1.29 is 19.1 Å². The highest BCUT2D eigenvalue weighted by Gasteiger charge is 2.18. The van der Waals surface area contributed by atoms with Gasteiger partial charge in [-0.15, -0.1) is 0 Å². The van der Waals surface area contributed by atoms with Gasteiger partial charge in [-0.3, -0.25) is 14.3 Å². The molecule has 1 aliphatic rings. The second-order valence-electron chi connectivity index (χ2n) is 7.90. The van der Waals surface area contributed by atoms with E-state index in [1.807, 2.05) is 18.5 Å². The fraction of sp³-hybridized carbons (Fsp3) is 0.280. The van der Waals surface area contributed by atoms with Gasteiger partial charge in [0, 0.05) is 23.9 Å². The number of carbonyl (C=O) groups excluding carboxylic acids is 2. The molecule has 34 heavy (non-hydrogen) atoms. The van der Waals surface area contributed by atoms with E-state index in [0.29, 0.717) is 47.8 Å². The molecule has 4 rings (SSSR count). The summed E-state index contributed by atoms with van der Waals surface area (Å²) in [6.45, 7) is 4.53. The first-order valence-corrected chi connectivity index (χ1v) is 11.0. The standard InChI is InChI=1S/C25H25N5O4/c1-16-19(17(2)30(29-16)13-5-12-26)9-11-24(31)28-21-7-4-3-6-20(21)25(32)27-18-8-10-22-23(14-18)34-15-33-22/h3-4,6-8,10,14H,5,9,11,13,15H2,1-2H3,(H,27,32)(H,28,31). The molecular weight excluding hydrogens is 434 g/mol. The van der Waals surface area contributed by atoms with Crippen molar-refractivity contribution in [2.45, 2.75) is 39.7 Å². The summed E-state index contributed by atoms with van der Waals surface area (Å²) in [7, 11) is 0. The number of nitrogens with one attached hydrogen (secondary N) is 2. The summed E-state index contributed by atoms with van der Waals surface area (Å²) >= 11 is 0. The molecule has 0 atom stereocenters. The lowest BCUT2D eigenvalue weighted by atomic mass is 10.1. The third-order valence-corrected chi connectivity index (χ3v) is 5.65. The zero-order chi connectivity index (χ0) is 24.1. The van der Waals surface area contributed by atoms with E-state index in [-0.39, 0.29) is 25.0 Å². The van der Waals surface area contributed by atoms with Gasteiger partial charge in [-0.1, -0.05) is 12.1 Å². The summed E-state index contributed by atoms with van der Waals surface area (Å²) in [5.41, 5.74) is 4.17. The molecular formula is C25H25N5O4. The predicted octanol–water partition coefficient (Wildman–Crippen LogP) is 3.97. The van der Waals surface area contributed by atoms with Gasteiger partial charge in [0.25, 0.3) is 5.91 Å². The van der Waals surface area contributed by atoms with Crippen LogP contribution >= 0.6 is 0 Å². The third-order valence-electron chi connectivity index (χ3n) is 5.65. The summed E-state index contributed by atoms with van der Waals surface area (Å²) in [6, 6.07) is 14.1. The minimum absolute atomic E-state index is 0.154. The molecule has 0 aliphatic carbocycles. The Bertz CT molecular complexity index is 1270. The van der Waals surface area contributed by atoms with Crippen molar-refractivity contribution in [3.8, 4) is 17.6 Å². The van der Waals surface area contributed by atoms with Crippen molar-refractivity contribution in [1.82, 2.24) is 9.78 Å². The van der Waals surface area contributed by atoms with Crippen LogP contribution in [0, 0.1) is 25.2 Å². The third kappa shape index (κ3) is 5.02. The van der Waals surface area contributed by atoms with Gasteiger partial charge in [0.2, 0.25) is 12.7 Å². The van der Waals surface area contributed by atoms with Crippen LogP contribution in [0.1, 0.15) is 40.2 Å². The van der Waals surface area contributed by atoms with E-state index in [1.165, 1.54) is 0 Å². The van der Waals surface area contributed by atoms with E-state index >= 15 is 0 Å². The number of carbonyl (C=O) groups is 2. The van der Waals surface area contributed by atoms with Crippen LogP contribution in [0.4, 0.5) is 11.4 Å². The number of fused-ring (bicyclic) bond motifs is 1. The van der Waals surface area contributed by atoms with Crippen molar-refractivity contribution >= 4 is 23.2 Å². The molecule has 0 fully saturated rings. The number of ether oxygens (including phenoxy) is 2. The summed E-state index contributed by atoms with van der Waals surface area (Å²) in [4.78, 5) is 25.6. The van der Waals surface area contributed by atoms with Crippen LogP contribution in [-0.4, -0.2) is 28.4 Å². The van der Waals surface area contributed by atoms with Gasteiger partial charge in [-0.25, -0.2) is 0 Å². The fourth-order valence-electron chi connectivity index (χ4n) is 3.88. The molecule has 2 aromatic carbocycles. The maximum Gasteiger partial charge on any atom is 0.257 e. The van der Waals surface area contributed by atoms with Crippen LogP contribution in [0.25, 0.3) is 0 Å². The minimum atomic E-state index is -0.347. The summed E-state index contributed by atoms with van der Waals surface area (Å²) in [6.07, 6.45) is 1.14. The molecule has 1 aliphatic heterocycles. The summed E-state index contributed by atoms with van der Waals surface area (Å²) in [5, 5.41) is 19.0. The van der Waals surface area contributed by atoms with Gasteiger partial charge in [0.1, 0.15) is 0 Å². The first kappa shape index (κ1) is 22.9. The Hall–Kier alpha value is -4.32. The molecule has 0 spiro atoms. The maximum atomic E-state index is 12.9. The number of nitrogens with zero attached hydrogens (tertiary/aromatic N) is 3. The van der Waals surface area contributed by atoms with Crippen molar-refractivity contribution in [3.63, 3.8) is 0 Å². The Kier molecular flexibility index (Phi) is 6.78. The number of para-hydroxylation sites is 1. The molecule has 9 heteroatoms. The smallest absolute Gasteiger partial charge is 0.257 e. The van der Waals surface area contributed by atoms with Crippen molar-refractivity contribution in [2.75, 3.05) is 17.4 Å². The number of anilines is 2. The number of hydrogen-bond acceptors (Lipinski definition) is 6. The monoisotopic (exact) mass is 459 g/mol. The molecule has 0 unspecified atom stereocenters. The second kappa shape index (κ2) is 10.1. The molecule has 174 valence electrons. The zero-order valence-corrected chi connectivity index (χ0v) is 19.1. The van der Waals surface area contributed by atoms with Gasteiger partial charge >= 0.3 is 0 Å².